The van der Waals surface area contributed by atoms with Crippen LogP contribution in [-0.4, -0.2) is 16.8 Å². The quantitative estimate of drug-likeness (QED) is 0.314. The van der Waals surface area contributed by atoms with E-state index in [1.54, 1.807) is 12.3 Å². The van der Waals surface area contributed by atoms with Crippen molar-refractivity contribution in [1.82, 2.24) is 4.98 Å². The van der Waals surface area contributed by atoms with Crippen LogP contribution in [0.5, 0.6) is 11.5 Å². The summed E-state index contributed by atoms with van der Waals surface area (Å²) in [6, 6.07) is 14.9. The number of ether oxygens (including phenoxy) is 1. The second-order valence-corrected chi connectivity index (χ2v) is 9.01. The Hall–Kier alpha value is -4.33. The molecule has 36 heavy (non-hydrogen) atoms. The monoisotopic (exact) mass is 487 g/mol. The highest BCUT2D eigenvalue weighted by Crippen LogP contribution is 2.47. The number of hydrogen-bond acceptors (Lipinski definition) is 4. The molecule has 0 atom stereocenters. The van der Waals surface area contributed by atoms with Crippen molar-refractivity contribution >= 4 is 34.1 Å². The number of halogens is 2. The number of aromatic nitrogens is 1. The lowest BCUT2D eigenvalue weighted by molar-refractivity contribution is -0.131. The molecule has 0 radical (unpaired) electrons. The largest absolute Gasteiger partial charge is 0.454 e. The van der Waals surface area contributed by atoms with E-state index in [0.29, 0.717) is 24.3 Å². The molecule has 1 aliphatic carbocycles. The molecule has 8 heteroatoms. The molecule has 182 valence electrons. The average Bonchev–Trinajstić information content (AvgIpc) is 3.66. The molecule has 2 amide bonds. The molecule has 1 saturated carbocycles. The number of carbonyl (C=O) groups excluding carboxylic acids is 2. The first-order valence-corrected chi connectivity index (χ1v) is 11.5. The zero-order chi connectivity index (χ0) is 25.4. The second kappa shape index (κ2) is 9.03. The number of rotatable bonds is 6. The lowest BCUT2D eigenvalue weighted by Gasteiger charge is -2.16. The van der Waals surface area contributed by atoms with Crippen molar-refractivity contribution in [3.63, 3.8) is 0 Å². The molecule has 3 aromatic carbocycles. The maximum Gasteiger partial charge on any atom is 0.240 e. The van der Waals surface area contributed by atoms with Gasteiger partial charge in [0.1, 0.15) is 17.0 Å². The van der Waals surface area contributed by atoms with E-state index in [9.17, 15) is 18.4 Å². The number of pyridine rings is 1. The van der Waals surface area contributed by atoms with Crippen molar-refractivity contribution in [3.8, 4) is 11.5 Å². The third kappa shape index (κ3) is 4.49. The number of amides is 2. The van der Waals surface area contributed by atoms with E-state index in [0.717, 1.165) is 28.1 Å². The summed E-state index contributed by atoms with van der Waals surface area (Å²) in [5.74, 6) is -1.64. The molecule has 1 heterocycles. The molecular formula is C28H23F2N3O3. The lowest BCUT2D eigenvalue weighted by atomic mass is 10.0. The summed E-state index contributed by atoms with van der Waals surface area (Å²) >= 11 is 0. The topological polar surface area (TPSA) is 80.3 Å². The van der Waals surface area contributed by atoms with Gasteiger partial charge in [0, 0.05) is 29.0 Å². The Kier molecular flexibility index (Phi) is 5.88. The molecule has 4 aromatic rings. The summed E-state index contributed by atoms with van der Waals surface area (Å²) in [5.41, 5.74) is 2.26. The molecule has 2 N–H and O–H groups in total. The molecule has 6 nitrogen and oxygen atoms in total. The lowest BCUT2D eigenvalue weighted by Crippen LogP contribution is -2.35. The third-order valence-electron chi connectivity index (χ3n) is 6.45. The van der Waals surface area contributed by atoms with Crippen molar-refractivity contribution in [2.75, 3.05) is 10.6 Å². The molecule has 0 aliphatic heterocycles. The molecule has 1 fully saturated rings. The van der Waals surface area contributed by atoms with Gasteiger partial charge in [-0.05, 0) is 92.4 Å². The molecule has 0 unspecified atom stereocenters. The Bertz CT molecular complexity index is 1500. The first-order valence-electron chi connectivity index (χ1n) is 11.5. The number of benzene rings is 3. The van der Waals surface area contributed by atoms with Crippen molar-refractivity contribution in [3.05, 3.63) is 89.6 Å². The molecule has 0 saturated heterocycles. The summed E-state index contributed by atoms with van der Waals surface area (Å²) in [6.45, 7) is 3.98. The normalized spacial score (nSPS) is 13.8. The molecule has 1 aliphatic rings. The summed E-state index contributed by atoms with van der Waals surface area (Å²) < 4.78 is 33.9. The highest BCUT2D eigenvalue weighted by Gasteiger charge is 2.56. The number of nitrogens with one attached hydrogen (secondary N) is 2. The Balaban J connectivity index is 1.30. The molecule has 0 bridgehead atoms. The Morgan fingerprint density at radius 2 is 1.47 bits per heavy atom. The Morgan fingerprint density at radius 1 is 0.833 bits per heavy atom. The Labute approximate surface area is 206 Å². The van der Waals surface area contributed by atoms with E-state index in [1.165, 1.54) is 36.4 Å². The van der Waals surface area contributed by atoms with Gasteiger partial charge in [-0.15, -0.1) is 0 Å². The van der Waals surface area contributed by atoms with Crippen LogP contribution < -0.4 is 15.4 Å². The molecule has 0 spiro atoms. The number of carbonyl (C=O) groups is 2. The molecular weight excluding hydrogens is 464 g/mol. The van der Waals surface area contributed by atoms with Crippen molar-refractivity contribution < 1.29 is 23.1 Å². The van der Waals surface area contributed by atoms with E-state index in [-0.39, 0.29) is 11.4 Å². The summed E-state index contributed by atoms with van der Waals surface area (Å²) in [7, 11) is 0. The van der Waals surface area contributed by atoms with Gasteiger partial charge in [-0.3, -0.25) is 14.6 Å². The SMILES string of the molecule is Cc1cc2nccc(Oc3ccc(NC(=O)C4(C(=O)Nc5ccc(F)cc5)CC4)cc3F)c2cc1C. The highest BCUT2D eigenvalue weighted by atomic mass is 19.1. The van der Waals surface area contributed by atoms with Gasteiger partial charge < -0.3 is 15.4 Å². The van der Waals surface area contributed by atoms with Crippen molar-refractivity contribution in [2.45, 2.75) is 26.7 Å². The number of hydrogen-bond donors (Lipinski definition) is 2. The van der Waals surface area contributed by atoms with Gasteiger partial charge in [-0.25, -0.2) is 8.78 Å². The van der Waals surface area contributed by atoms with Gasteiger partial charge in [0.05, 0.1) is 5.52 Å². The van der Waals surface area contributed by atoms with E-state index < -0.39 is 28.9 Å². The van der Waals surface area contributed by atoms with Crippen LogP contribution in [0.25, 0.3) is 10.9 Å². The maximum atomic E-state index is 14.9. The average molecular weight is 488 g/mol. The zero-order valence-electron chi connectivity index (χ0n) is 19.7. The molecule has 5 rings (SSSR count). The number of fused-ring (bicyclic) bond motifs is 1. The first kappa shape index (κ1) is 23.4. The minimum absolute atomic E-state index is 0.00563. The van der Waals surface area contributed by atoms with E-state index in [2.05, 4.69) is 15.6 Å². The van der Waals surface area contributed by atoms with Gasteiger partial charge in [0.15, 0.2) is 11.6 Å². The van der Waals surface area contributed by atoms with Gasteiger partial charge >= 0.3 is 0 Å². The van der Waals surface area contributed by atoms with Crippen LogP contribution in [0.1, 0.15) is 24.0 Å². The fraction of sp³-hybridized carbons (Fsp3) is 0.179. The van der Waals surface area contributed by atoms with Crippen LogP contribution in [0.3, 0.4) is 0 Å². The van der Waals surface area contributed by atoms with Gasteiger partial charge in [-0.1, -0.05) is 0 Å². The van der Waals surface area contributed by atoms with Gasteiger partial charge in [0.25, 0.3) is 0 Å². The van der Waals surface area contributed by atoms with Gasteiger partial charge in [-0.2, -0.15) is 0 Å². The van der Waals surface area contributed by atoms with E-state index in [1.807, 2.05) is 26.0 Å². The number of anilines is 2. The smallest absolute Gasteiger partial charge is 0.240 e. The number of aryl methyl sites for hydroxylation is 2. The Morgan fingerprint density at radius 3 is 2.14 bits per heavy atom. The third-order valence-corrected chi connectivity index (χ3v) is 6.45. The fourth-order valence-electron chi connectivity index (χ4n) is 3.97. The summed E-state index contributed by atoms with van der Waals surface area (Å²) in [6.07, 6.45) is 2.33. The fourth-order valence-corrected chi connectivity index (χ4v) is 3.97. The molecule has 1 aromatic heterocycles. The highest BCUT2D eigenvalue weighted by molar-refractivity contribution is 6.16. The summed E-state index contributed by atoms with van der Waals surface area (Å²) in [4.78, 5) is 30.0. The second-order valence-electron chi connectivity index (χ2n) is 9.01. The van der Waals surface area contributed by atoms with Crippen molar-refractivity contribution in [2.24, 2.45) is 5.41 Å². The van der Waals surface area contributed by atoms with Crippen LogP contribution in [0, 0.1) is 30.9 Å². The van der Waals surface area contributed by atoms with Crippen LogP contribution >= 0.6 is 0 Å². The predicted octanol–water partition coefficient (Wildman–Crippen LogP) is 6.28. The van der Waals surface area contributed by atoms with Crippen LogP contribution in [0.15, 0.2) is 66.9 Å². The maximum absolute atomic E-state index is 14.9. The van der Waals surface area contributed by atoms with Gasteiger partial charge in [0.2, 0.25) is 11.8 Å². The van der Waals surface area contributed by atoms with Crippen LogP contribution in [0.2, 0.25) is 0 Å². The standard InChI is InChI=1S/C28H23F2N3O3/c1-16-13-21-23(14-17(16)2)31-12-9-24(21)36-25-8-7-20(15-22(25)30)33-27(35)28(10-11-28)26(34)32-19-5-3-18(29)4-6-19/h3-9,12-15H,10-11H2,1-2H3,(H,32,34)(H,33,35). The predicted molar refractivity (Wildman–Crippen MR) is 133 cm³/mol. The first-order chi connectivity index (χ1) is 17.2. The summed E-state index contributed by atoms with van der Waals surface area (Å²) in [5, 5.41) is 6.04. The number of nitrogens with zero attached hydrogens (tertiary/aromatic N) is 1. The van der Waals surface area contributed by atoms with Crippen molar-refractivity contribution in [1.29, 1.82) is 0 Å². The minimum atomic E-state index is -1.24. The van der Waals surface area contributed by atoms with E-state index >= 15 is 0 Å². The zero-order valence-corrected chi connectivity index (χ0v) is 19.7. The van der Waals surface area contributed by atoms with E-state index in [4.69, 9.17) is 4.74 Å². The van der Waals surface area contributed by atoms with Crippen LogP contribution in [0.4, 0.5) is 20.2 Å². The minimum Gasteiger partial charge on any atom is -0.454 e. The van der Waals surface area contributed by atoms with Crippen LogP contribution in [-0.2, 0) is 9.59 Å².